The molecule has 126 valence electrons. The van der Waals surface area contributed by atoms with E-state index in [1.165, 1.54) is 0 Å². The zero-order valence-electron chi connectivity index (χ0n) is 13.5. The zero-order chi connectivity index (χ0) is 17.5. The van der Waals surface area contributed by atoms with E-state index in [1.807, 2.05) is 19.1 Å². The molecule has 2 aromatic rings. The molecule has 0 aliphatic heterocycles. The zero-order valence-corrected chi connectivity index (χ0v) is 14.3. The topological polar surface area (TPSA) is 67.4 Å². The number of hydrogen-bond donors (Lipinski definition) is 2. The molecule has 0 aromatic heterocycles. The fourth-order valence-electron chi connectivity index (χ4n) is 2.14. The largest absolute Gasteiger partial charge is 0.450 e. The first-order valence-electron chi connectivity index (χ1n) is 7.59. The minimum atomic E-state index is -0.551. The van der Waals surface area contributed by atoms with Crippen molar-refractivity contribution in [3.05, 3.63) is 64.7 Å². The Morgan fingerprint density at radius 3 is 2.54 bits per heavy atom. The lowest BCUT2D eigenvalue weighted by Crippen LogP contribution is -2.26. The van der Waals surface area contributed by atoms with Crippen molar-refractivity contribution in [1.82, 2.24) is 5.32 Å². The fourth-order valence-corrected chi connectivity index (χ4v) is 2.26. The summed E-state index contributed by atoms with van der Waals surface area (Å²) in [4.78, 5) is 23.8. The van der Waals surface area contributed by atoms with Gasteiger partial charge in [-0.05, 0) is 49.7 Å². The van der Waals surface area contributed by atoms with E-state index in [0.717, 1.165) is 5.56 Å². The first kappa shape index (κ1) is 17.8. The van der Waals surface area contributed by atoms with Crippen LogP contribution in [0, 0.1) is 0 Å². The Kier molecular flexibility index (Phi) is 6.21. The summed E-state index contributed by atoms with van der Waals surface area (Å²) >= 11 is 5.87. The molecular formula is C18H19ClN2O3. The normalized spacial score (nSPS) is 11.5. The van der Waals surface area contributed by atoms with Gasteiger partial charge in [-0.2, -0.15) is 0 Å². The summed E-state index contributed by atoms with van der Waals surface area (Å²) in [6.45, 7) is 3.90. The molecular weight excluding hydrogens is 328 g/mol. The van der Waals surface area contributed by atoms with Gasteiger partial charge in [-0.3, -0.25) is 10.1 Å². The number of hydrogen-bond acceptors (Lipinski definition) is 3. The van der Waals surface area contributed by atoms with Gasteiger partial charge in [0.05, 0.1) is 12.6 Å². The minimum Gasteiger partial charge on any atom is -0.450 e. The Hall–Kier alpha value is -2.53. The number of anilines is 1. The van der Waals surface area contributed by atoms with Crippen molar-refractivity contribution < 1.29 is 14.3 Å². The van der Waals surface area contributed by atoms with Crippen molar-refractivity contribution in [3.63, 3.8) is 0 Å². The number of carbonyl (C=O) groups excluding carboxylic acids is 2. The third-order valence-corrected chi connectivity index (χ3v) is 3.62. The van der Waals surface area contributed by atoms with Crippen LogP contribution in [-0.2, 0) is 4.74 Å². The average molecular weight is 347 g/mol. The molecule has 0 aliphatic rings. The molecule has 24 heavy (non-hydrogen) atoms. The van der Waals surface area contributed by atoms with Gasteiger partial charge in [0, 0.05) is 16.3 Å². The van der Waals surface area contributed by atoms with E-state index in [1.54, 1.807) is 43.3 Å². The molecule has 0 fully saturated rings. The van der Waals surface area contributed by atoms with Crippen molar-refractivity contribution in [2.24, 2.45) is 0 Å². The maximum atomic E-state index is 12.4. The molecule has 2 aromatic carbocycles. The maximum absolute atomic E-state index is 12.4. The highest BCUT2D eigenvalue weighted by Crippen LogP contribution is 2.17. The average Bonchev–Trinajstić information content (AvgIpc) is 2.55. The van der Waals surface area contributed by atoms with E-state index in [2.05, 4.69) is 10.6 Å². The fraction of sp³-hybridized carbons (Fsp3) is 0.222. The van der Waals surface area contributed by atoms with Gasteiger partial charge >= 0.3 is 6.09 Å². The van der Waals surface area contributed by atoms with Gasteiger partial charge < -0.3 is 10.1 Å². The molecule has 0 radical (unpaired) electrons. The van der Waals surface area contributed by atoms with Crippen LogP contribution in [0.2, 0.25) is 5.02 Å². The highest BCUT2D eigenvalue weighted by molar-refractivity contribution is 6.30. The predicted molar refractivity (Wildman–Crippen MR) is 94.4 cm³/mol. The van der Waals surface area contributed by atoms with Crippen molar-refractivity contribution in [3.8, 4) is 0 Å². The molecule has 0 heterocycles. The summed E-state index contributed by atoms with van der Waals surface area (Å²) in [5, 5.41) is 6.13. The van der Waals surface area contributed by atoms with Crippen LogP contribution in [-0.4, -0.2) is 18.6 Å². The molecule has 0 saturated heterocycles. The van der Waals surface area contributed by atoms with Gasteiger partial charge in [0.15, 0.2) is 0 Å². The predicted octanol–water partition coefficient (Wildman–Crippen LogP) is 4.40. The molecule has 5 nitrogen and oxygen atoms in total. The molecule has 1 atom stereocenters. The third-order valence-electron chi connectivity index (χ3n) is 3.36. The monoisotopic (exact) mass is 346 g/mol. The van der Waals surface area contributed by atoms with Crippen molar-refractivity contribution in [2.75, 3.05) is 11.9 Å². The van der Waals surface area contributed by atoms with Crippen molar-refractivity contribution in [2.45, 2.75) is 19.9 Å². The van der Waals surface area contributed by atoms with Gasteiger partial charge in [-0.25, -0.2) is 4.79 Å². The summed E-state index contributed by atoms with van der Waals surface area (Å²) < 4.78 is 4.82. The second kappa shape index (κ2) is 8.36. The van der Waals surface area contributed by atoms with E-state index in [-0.39, 0.29) is 18.6 Å². The molecule has 0 saturated carbocycles. The van der Waals surface area contributed by atoms with Crippen LogP contribution in [0.3, 0.4) is 0 Å². The molecule has 0 bridgehead atoms. The van der Waals surface area contributed by atoms with Gasteiger partial charge in [-0.15, -0.1) is 0 Å². The van der Waals surface area contributed by atoms with Crippen LogP contribution in [0.4, 0.5) is 10.5 Å². The van der Waals surface area contributed by atoms with Gasteiger partial charge in [-0.1, -0.05) is 29.8 Å². The summed E-state index contributed by atoms with van der Waals surface area (Å²) in [6.07, 6.45) is -0.551. The number of carbonyl (C=O) groups is 2. The van der Waals surface area contributed by atoms with E-state index in [9.17, 15) is 9.59 Å². The van der Waals surface area contributed by atoms with Crippen LogP contribution in [0.25, 0.3) is 0 Å². The number of halogens is 1. The van der Waals surface area contributed by atoms with E-state index in [0.29, 0.717) is 16.3 Å². The number of amides is 2. The number of benzene rings is 2. The Morgan fingerprint density at radius 1 is 1.17 bits per heavy atom. The summed E-state index contributed by atoms with van der Waals surface area (Å²) in [6, 6.07) is 13.8. The van der Waals surface area contributed by atoms with Crippen LogP contribution >= 0.6 is 11.6 Å². The van der Waals surface area contributed by atoms with Gasteiger partial charge in [0.25, 0.3) is 5.91 Å². The number of nitrogens with one attached hydrogen (secondary N) is 2. The lowest BCUT2D eigenvalue weighted by Gasteiger charge is -2.15. The molecule has 2 rings (SSSR count). The van der Waals surface area contributed by atoms with E-state index < -0.39 is 6.09 Å². The SMILES string of the molecule is CCOC(=O)Nc1cccc(C(=O)N[C@@H](C)c2ccc(Cl)cc2)c1. The van der Waals surface area contributed by atoms with E-state index in [4.69, 9.17) is 16.3 Å². The Balaban J connectivity index is 2.04. The second-order valence-electron chi connectivity index (χ2n) is 5.17. The van der Waals surface area contributed by atoms with Crippen molar-refractivity contribution in [1.29, 1.82) is 0 Å². The molecule has 2 N–H and O–H groups in total. The lowest BCUT2D eigenvalue weighted by molar-refractivity contribution is 0.0939. The van der Waals surface area contributed by atoms with Crippen molar-refractivity contribution >= 4 is 29.3 Å². The summed E-state index contributed by atoms with van der Waals surface area (Å²) in [5.41, 5.74) is 1.90. The third kappa shape index (κ3) is 4.99. The van der Waals surface area contributed by atoms with Crippen LogP contribution < -0.4 is 10.6 Å². The summed E-state index contributed by atoms with van der Waals surface area (Å²) in [5.74, 6) is -0.232. The highest BCUT2D eigenvalue weighted by atomic mass is 35.5. The van der Waals surface area contributed by atoms with Crippen LogP contribution in [0.15, 0.2) is 48.5 Å². The Bertz CT molecular complexity index is 716. The quantitative estimate of drug-likeness (QED) is 0.843. The maximum Gasteiger partial charge on any atom is 0.411 e. The first-order valence-corrected chi connectivity index (χ1v) is 7.97. The molecule has 0 unspecified atom stereocenters. The Labute approximate surface area is 146 Å². The molecule has 6 heteroatoms. The standard InChI is InChI=1S/C18H19ClN2O3/c1-3-24-18(23)21-16-6-4-5-14(11-16)17(22)20-12(2)13-7-9-15(19)10-8-13/h4-12H,3H2,1-2H3,(H,20,22)(H,21,23)/t12-/m0/s1. The Morgan fingerprint density at radius 2 is 1.88 bits per heavy atom. The van der Waals surface area contributed by atoms with Gasteiger partial charge in [0.1, 0.15) is 0 Å². The smallest absolute Gasteiger partial charge is 0.411 e. The molecule has 0 spiro atoms. The second-order valence-corrected chi connectivity index (χ2v) is 5.61. The first-order chi connectivity index (χ1) is 11.5. The lowest BCUT2D eigenvalue weighted by atomic mass is 10.1. The van der Waals surface area contributed by atoms with Crippen LogP contribution in [0.1, 0.15) is 35.8 Å². The highest BCUT2D eigenvalue weighted by Gasteiger charge is 2.12. The molecule has 0 aliphatic carbocycles. The van der Waals surface area contributed by atoms with E-state index >= 15 is 0 Å². The van der Waals surface area contributed by atoms with Crippen LogP contribution in [0.5, 0.6) is 0 Å². The minimum absolute atomic E-state index is 0.170. The number of ether oxygens (including phenoxy) is 1. The number of rotatable bonds is 5. The molecule has 2 amide bonds. The van der Waals surface area contributed by atoms with Gasteiger partial charge in [0.2, 0.25) is 0 Å². The summed E-state index contributed by atoms with van der Waals surface area (Å²) in [7, 11) is 0.